The molecule has 3 N–H and O–H groups in total. The Balaban J connectivity index is 1.61. The van der Waals surface area contributed by atoms with Gasteiger partial charge in [0.2, 0.25) is 0 Å². The lowest BCUT2D eigenvalue weighted by molar-refractivity contribution is -0.810. The van der Waals surface area contributed by atoms with E-state index in [-0.39, 0.29) is 23.1 Å². The SMILES string of the molecule is N#CCC1CCc2nc(-c3ccc(C4(N)CCC4)cc3)c(-c3ccccc3)cc2[NH+]1[O-]. The zero-order chi connectivity index (χ0) is 21.4. The number of benzene rings is 2. The van der Waals surface area contributed by atoms with Crippen molar-refractivity contribution in [3.05, 3.63) is 77.1 Å². The standard InChI is InChI=1S/C26H26N4O/c27-16-13-21-11-12-23-24(30(21)31)17-22(18-5-2-1-3-6-18)25(29-23)19-7-9-20(10-8-19)26(28)14-4-15-26/h1-3,5-10,17,21,30H,4,11-15,28H2. The third kappa shape index (κ3) is 3.53. The second kappa shape index (κ2) is 7.90. The Labute approximate surface area is 182 Å². The summed E-state index contributed by atoms with van der Waals surface area (Å²) in [4.78, 5) is 5.00. The van der Waals surface area contributed by atoms with Crippen molar-refractivity contribution in [1.29, 1.82) is 5.26 Å². The van der Waals surface area contributed by atoms with Gasteiger partial charge in [0.1, 0.15) is 11.7 Å². The highest BCUT2D eigenvalue weighted by atomic mass is 16.5. The van der Waals surface area contributed by atoms with Crippen LogP contribution in [-0.2, 0) is 12.0 Å². The van der Waals surface area contributed by atoms with Gasteiger partial charge < -0.3 is 16.0 Å². The van der Waals surface area contributed by atoms with Gasteiger partial charge in [-0.2, -0.15) is 5.26 Å². The second-order valence-electron chi connectivity index (χ2n) is 8.79. The number of nitrogens with zero attached hydrogens (tertiary/aromatic N) is 2. The number of hydroxylamine groups is 1. The van der Waals surface area contributed by atoms with Gasteiger partial charge in [0.25, 0.3) is 0 Å². The van der Waals surface area contributed by atoms with Crippen molar-refractivity contribution in [3.63, 3.8) is 0 Å². The highest BCUT2D eigenvalue weighted by molar-refractivity contribution is 5.82. The topological polar surface area (TPSA) is 90.2 Å². The number of rotatable bonds is 4. The summed E-state index contributed by atoms with van der Waals surface area (Å²) in [6.45, 7) is 0. The molecule has 2 unspecified atom stereocenters. The summed E-state index contributed by atoms with van der Waals surface area (Å²) in [5.41, 5.74) is 12.9. The molecular formula is C26H26N4O. The average molecular weight is 411 g/mol. The fourth-order valence-electron chi connectivity index (χ4n) is 4.79. The zero-order valence-electron chi connectivity index (χ0n) is 17.5. The smallest absolute Gasteiger partial charge is 0.153 e. The average Bonchev–Trinajstić information content (AvgIpc) is 2.79. The molecule has 0 amide bonds. The summed E-state index contributed by atoms with van der Waals surface area (Å²) >= 11 is 0. The monoisotopic (exact) mass is 410 g/mol. The first-order valence-electron chi connectivity index (χ1n) is 11.0. The van der Waals surface area contributed by atoms with E-state index in [9.17, 15) is 5.21 Å². The van der Waals surface area contributed by atoms with E-state index in [0.29, 0.717) is 12.1 Å². The van der Waals surface area contributed by atoms with Crippen LogP contribution in [-0.4, -0.2) is 11.0 Å². The number of aromatic nitrogens is 1. The first kappa shape index (κ1) is 19.9. The van der Waals surface area contributed by atoms with E-state index in [1.54, 1.807) is 0 Å². The maximum atomic E-state index is 13.0. The van der Waals surface area contributed by atoms with E-state index in [2.05, 4.69) is 30.3 Å². The molecule has 0 spiro atoms. The van der Waals surface area contributed by atoms with Crippen LogP contribution < -0.4 is 10.8 Å². The number of hydrogen-bond acceptors (Lipinski definition) is 4. The molecule has 5 rings (SSSR count). The Kier molecular flexibility index (Phi) is 5.07. The van der Waals surface area contributed by atoms with Gasteiger partial charge in [-0.25, -0.2) is 4.98 Å². The summed E-state index contributed by atoms with van der Waals surface area (Å²) in [6.07, 6.45) is 4.92. The van der Waals surface area contributed by atoms with Crippen molar-refractivity contribution < 1.29 is 5.06 Å². The summed E-state index contributed by atoms with van der Waals surface area (Å²) in [5, 5.41) is 22.2. The summed E-state index contributed by atoms with van der Waals surface area (Å²) < 4.78 is 0. The first-order valence-corrected chi connectivity index (χ1v) is 11.0. The number of aryl methyl sites for hydroxylation is 1. The second-order valence-corrected chi connectivity index (χ2v) is 8.79. The summed E-state index contributed by atoms with van der Waals surface area (Å²) in [6, 6.07) is 22.4. The third-order valence-corrected chi connectivity index (χ3v) is 6.87. The van der Waals surface area contributed by atoms with Crippen molar-refractivity contribution in [2.75, 3.05) is 0 Å². The molecule has 0 saturated heterocycles. The molecule has 31 heavy (non-hydrogen) atoms. The van der Waals surface area contributed by atoms with E-state index < -0.39 is 0 Å². The van der Waals surface area contributed by atoms with Gasteiger partial charge in [-0.1, -0.05) is 54.6 Å². The van der Waals surface area contributed by atoms with Crippen LogP contribution in [0.25, 0.3) is 22.4 Å². The van der Waals surface area contributed by atoms with Gasteiger partial charge in [-0.3, -0.25) is 0 Å². The van der Waals surface area contributed by atoms with Crippen LogP contribution in [0.5, 0.6) is 0 Å². The molecule has 1 fully saturated rings. The number of nitrogens with one attached hydrogen (secondary N) is 1. The Morgan fingerprint density at radius 2 is 1.84 bits per heavy atom. The summed E-state index contributed by atoms with van der Waals surface area (Å²) in [7, 11) is 0. The van der Waals surface area contributed by atoms with Crippen molar-refractivity contribution in [2.45, 2.75) is 50.1 Å². The van der Waals surface area contributed by atoms with Crippen LogP contribution in [0.1, 0.15) is 43.4 Å². The van der Waals surface area contributed by atoms with E-state index in [1.165, 1.54) is 12.0 Å². The Morgan fingerprint density at radius 1 is 1.10 bits per heavy atom. The Morgan fingerprint density at radius 3 is 2.48 bits per heavy atom. The number of quaternary nitrogens is 1. The van der Waals surface area contributed by atoms with Crippen LogP contribution in [0.3, 0.4) is 0 Å². The van der Waals surface area contributed by atoms with Gasteiger partial charge in [0, 0.05) is 35.6 Å². The fraction of sp³-hybridized carbons (Fsp3) is 0.308. The first-order chi connectivity index (χ1) is 15.1. The lowest BCUT2D eigenvalue weighted by Crippen LogP contribution is -3.07. The molecule has 1 aromatic heterocycles. The van der Waals surface area contributed by atoms with Crippen LogP contribution in [0.15, 0.2) is 60.7 Å². The predicted octanol–water partition coefficient (Wildman–Crippen LogP) is 4.00. The molecule has 0 bridgehead atoms. The van der Waals surface area contributed by atoms with Gasteiger partial charge in [-0.15, -0.1) is 0 Å². The molecular weight excluding hydrogens is 384 g/mol. The minimum atomic E-state index is -0.226. The molecule has 3 aromatic rings. The van der Waals surface area contributed by atoms with Gasteiger partial charge >= 0.3 is 0 Å². The minimum absolute atomic E-state index is 0.0458. The van der Waals surface area contributed by atoms with Crippen molar-refractivity contribution >= 4 is 5.69 Å². The predicted molar refractivity (Wildman–Crippen MR) is 121 cm³/mol. The number of fused-ring (bicyclic) bond motifs is 1. The molecule has 156 valence electrons. The minimum Gasteiger partial charge on any atom is -0.629 e. The van der Waals surface area contributed by atoms with Gasteiger partial charge in [0.05, 0.1) is 18.2 Å². The van der Waals surface area contributed by atoms with Gasteiger partial charge in [-0.05, 0) is 30.4 Å². The Hall–Kier alpha value is -3.04. The normalized spacial score (nSPS) is 21.6. The van der Waals surface area contributed by atoms with Gasteiger partial charge in [0.15, 0.2) is 5.69 Å². The van der Waals surface area contributed by atoms with Crippen LogP contribution in [0.2, 0.25) is 0 Å². The molecule has 5 heteroatoms. The molecule has 2 atom stereocenters. The van der Waals surface area contributed by atoms with Crippen molar-refractivity contribution in [1.82, 2.24) is 4.98 Å². The molecule has 1 aliphatic heterocycles. The van der Waals surface area contributed by atoms with Crippen molar-refractivity contribution in [2.24, 2.45) is 5.73 Å². The van der Waals surface area contributed by atoms with Crippen LogP contribution >= 0.6 is 0 Å². The molecule has 2 aromatic carbocycles. The molecule has 0 radical (unpaired) electrons. The fourth-order valence-corrected chi connectivity index (χ4v) is 4.79. The highest BCUT2D eigenvalue weighted by Crippen LogP contribution is 2.40. The molecule has 1 aliphatic carbocycles. The number of nitrogens with two attached hydrogens (primary N) is 1. The molecule has 5 nitrogen and oxygen atoms in total. The van der Waals surface area contributed by atoms with E-state index >= 15 is 0 Å². The van der Waals surface area contributed by atoms with Crippen LogP contribution in [0.4, 0.5) is 5.69 Å². The number of pyridine rings is 1. The van der Waals surface area contributed by atoms with Crippen molar-refractivity contribution in [3.8, 4) is 28.5 Å². The maximum Gasteiger partial charge on any atom is 0.153 e. The van der Waals surface area contributed by atoms with E-state index in [1.807, 2.05) is 36.4 Å². The number of nitriles is 1. The molecule has 2 heterocycles. The van der Waals surface area contributed by atoms with E-state index in [4.69, 9.17) is 16.0 Å². The maximum absolute atomic E-state index is 13.0. The number of hydrogen-bond donors (Lipinski definition) is 2. The Bertz CT molecular complexity index is 1130. The zero-order valence-corrected chi connectivity index (χ0v) is 17.5. The largest absolute Gasteiger partial charge is 0.629 e. The molecule has 1 saturated carbocycles. The molecule has 2 aliphatic rings. The highest BCUT2D eigenvalue weighted by Gasteiger charge is 2.34. The third-order valence-electron chi connectivity index (χ3n) is 6.87. The lowest BCUT2D eigenvalue weighted by atomic mass is 9.72. The quantitative estimate of drug-likeness (QED) is 0.636. The summed E-state index contributed by atoms with van der Waals surface area (Å²) in [5.74, 6) is 0. The van der Waals surface area contributed by atoms with Crippen LogP contribution in [0, 0.1) is 16.5 Å². The lowest BCUT2D eigenvalue weighted by Gasteiger charge is -2.38. The van der Waals surface area contributed by atoms with E-state index in [0.717, 1.165) is 47.3 Å².